The quantitative estimate of drug-likeness (QED) is 0.470. The van der Waals surface area contributed by atoms with Crippen LogP contribution < -0.4 is 5.32 Å². The molecule has 0 radical (unpaired) electrons. The summed E-state index contributed by atoms with van der Waals surface area (Å²) in [6.45, 7) is 4.11. The summed E-state index contributed by atoms with van der Waals surface area (Å²) in [6.07, 6.45) is 1.10. The van der Waals surface area contributed by atoms with Crippen molar-refractivity contribution in [2.75, 3.05) is 5.32 Å². The van der Waals surface area contributed by atoms with Gasteiger partial charge in [-0.05, 0) is 29.5 Å². The van der Waals surface area contributed by atoms with Crippen LogP contribution in [0.1, 0.15) is 38.3 Å². The number of nitro benzene ring substituents is 1. The van der Waals surface area contributed by atoms with E-state index in [2.05, 4.69) is 29.2 Å². The lowest BCUT2D eigenvalue weighted by molar-refractivity contribution is -0.384. The van der Waals surface area contributed by atoms with Gasteiger partial charge in [-0.15, -0.1) is 5.10 Å². The van der Waals surface area contributed by atoms with Crippen molar-refractivity contribution in [2.24, 2.45) is 5.41 Å². The van der Waals surface area contributed by atoms with Crippen LogP contribution in [0.5, 0.6) is 5.75 Å². The van der Waals surface area contributed by atoms with Crippen LogP contribution in [0.2, 0.25) is 0 Å². The van der Waals surface area contributed by atoms with Gasteiger partial charge in [-0.3, -0.25) is 14.9 Å². The molecule has 3 aromatic rings. The smallest absolute Gasteiger partial charge is 0.270 e. The molecular weight excluding hydrogens is 410 g/mol. The Balaban J connectivity index is 1.66. The summed E-state index contributed by atoms with van der Waals surface area (Å²) in [6, 6.07) is 12.3. The van der Waals surface area contributed by atoms with Crippen LogP contribution in [0.3, 0.4) is 0 Å². The zero-order chi connectivity index (χ0) is 22.6. The number of aromatic hydroxyl groups is 1. The van der Waals surface area contributed by atoms with Crippen molar-refractivity contribution in [1.29, 1.82) is 0 Å². The maximum atomic E-state index is 13.2. The number of hydrogen-bond acceptors (Lipinski definition) is 7. The first-order valence-electron chi connectivity index (χ1n) is 10.3. The number of nitrogens with zero attached hydrogens (tertiary/aromatic N) is 4. The van der Waals surface area contributed by atoms with Gasteiger partial charge in [0, 0.05) is 35.4 Å². The van der Waals surface area contributed by atoms with Gasteiger partial charge in [0.15, 0.2) is 11.6 Å². The van der Waals surface area contributed by atoms with Crippen molar-refractivity contribution in [2.45, 2.75) is 32.7 Å². The predicted molar refractivity (Wildman–Crippen MR) is 117 cm³/mol. The molecule has 1 aliphatic heterocycles. The third-order valence-electron chi connectivity index (χ3n) is 5.86. The Bertz CT molecular complexity index is 1290. The molecule has 2 heterocycles. The summed E-state index contributed by atoms with van der Waals surface area (Å²) in [5, 5.41) is 28.9. The highest BCUT2D eigenvalue weighted by Gasteiger charge is 2.41. The minimum atomic E-state index is -0.509. The minimum Gasteiger partial charge on any atom is -0.508 e. The number of carbonyl (C=O) groups is 1. The molecule has 9 nitrogen and oxygen atoms in total. The van der Waals surface area contributed by atoms with E-state index in [0.29, 0.717) is 35.8 Å². The van der Waals surface area contributed by atoms with Crippen molar-refractivity contribution in [3.05, 3.63) is 75.5 Å². The summed E-state index contributed by atoms with van der Waals surface area (Å²) in [5.41, 5.74) is 2.52. The van der Waals surface area contributed by atoms with Crippen molar-refractivity contribution >= 4 is 17.4 Å². The number of nitrogens with one attached hydrogen (secondary N) is 1. The fourth-order valence-electron chi connectivity index (χ4n) is 4.45. The lowest BCUT2D eigenvalue weighted by Gasteiger charge is -2.38. The van der Waals surface area contributed by atoms with Gasteiger partial charge in [-0.2, -0.15) is 4.98 Å². The van der Waals surface area contributed by atoms with Gasteiger partial charge in [-0.25, -0.2) is 4.68 Å². The van der Waals surface area contributed by atoms with Crippen LogP contribution >= 0.6 is 0 Å². The molecule has 1 aliphatic carbocycles. The van der Waals surface area contributed by atoms with Gasteiger partial charge in [-0.1, -0.05) is 38.1 Å². The highest BCUT2D eigenvalue weighted by Crippen LogP contribution is 2.45. The summed E-state index contributed by atoms with van der Waals surface area (Å²) < 4.78 is 1.65. The maximum absolute atomic E-state index is 13.2. The van der Waals surface area contributed by atoms with Gasteiger partial charge in [0.2, 0.25) is 5.95 Å². The van der Waals surface area contributed by atoms with Crippen molar-refractivity contribution < 1.29 is 14.8 Å². The predicted octanol–water partition coefficient (Wildman–Crippen LogP) is 4.22. The molecule has 2 aliphatic rings. The van der Waals surface area contributed by atoms with E-state index in [0.717, 1.165) is 11.3 Å². The van der Waals surface area contributed by atoms with Crippen LogP contribution in [0.15, 0.2) is 59.8 Å². The highest BCUT2D eigenvalue weighted by molar-refractivity contribution is 6.00. The van der Waals surface area contributed by atoms with Crippen LogP contribution in [0.4, 0.5) is 11.6 Å². The number of allylic oxidation sites excluding steroid dienone is 2. The topological polar surface area (TPSA) is 123 Å². The van der Waals surface area contributed by atoms with Gasteiger partial charge in [0.05, 0.1) is 4.92 Å². The number of anilines is 1. The van der Waals surface area contributed by atoms with E-state index in [9.17, 15) is 20.0 Å². The molecule has 5 rings (SSSR count). The fourth-order valence-corrected chi connectivity index (χ4v) is 4.45. The normalized spacial score (nSPS) is 19.2. The monoisotopic (exact) mass is 431 g/mol. The van der Waals surface area contributed by atoms with E-state index in [1.807, 2.05) is 0 Å². The average molecular weight is 431 g/mol. The van der Waals surface area contributed by atoms with E-state index in [1.165, 1.54) is 12.1 Å². The number of ketones is 1. The molecule has 1 aromatic heterocycles. The molecule has 0 spiro atoms. The summed E-state index contributed by atoms with van der Waals surface area (Å²) in [7, 11) is 0. The Kier molecular flexibility index (Phi) is 4.37. The average Bonchev–Trinajstić information content (AvgIpc) is 3.16. The minimum absolute atomic E-state index is 0.0415. The Morgan fingerprint density at radius 1 is 1.19 bits per heavy atom. The SMILES string of the molecule is CC1(C)CC(=O)C2=C(C1)Nc1nc(-c3cccc([N+](=O)[O-])c3)nn1C2c1ccc(O)cc1. The number of hydrogen-bond donors (Lipinski definition) is 2. The van der Waals surface area contributed by atoms with E-state index in [1.54, 1.807) is 41.1 Å². The van der Waals surface area contributed by atoms with Crippen LogP contribution in [-0.2, 0) is 4.79 Å². The Morgan fingerprint density at radius 2 is 1.94 bits per heavy atom. The lowest BCUT2D eigenvalue weighted by atomic mass is 9.73. The molecule has 162 valence electrons. The second-order valence-corrected chi connectivity index (χ2v) is 8.96. The fraction of sp³-hybridized carbons (Fsp3) is 0.261. The van der Waals surface area contributed by atoms with Crippen molar-refractivity contribution in [3.63, 3.8) is 0 Å². The number of benzene rings is 2. The lowest BCUT2D eigenvalue weighted by Crippen LogP contribution is -2.36. The second kappa shape index (κ2) is 7.01. The number of phenols is 1. The van der Waals surface area contributed by atoms with Gasteiger partial charge < -0.3 is 10.4 Å². The third-order valence-corrected chi connectivity index (χ3v) is 5.86. The summed E-state index contributed by atoms with van der Waals surface area (Å²) in [5.74, 6) is 0.962. The highest BCUT2D eigenvalue weighted by atomic mass is 16.6. The zero-order valence-corrected chi connectivity index (χ0v) is 17.6. The zero-order valence-electron chi connectivity index (χ0n) is 17.6. The van der Waals surface area contributed by atoms with Crippen LogP contribution in [-0.4, -0.2) is 30.6 Å². The number of Topliss-reactive ketones (excluding diaryl/α,β-unsaturated/α-hetero) is 1. The van der Waals surface area contributed by atoms with E-state index in [4.69, 9.17) is 0 Å². The number of phenolic OH excluding ortho intramolecular Hbond substituents is 1. The number of carbonyl (C=O) groups excluding carboxylic acids is 1. The molecule has 2 N–H and O–H groups in total. The number of aromatic nitrogens is 3. The van der Waals surface area contributed by atoms with Gasteiger partial charge in [0.1, 0.15) is 11.8 Å². The van der Waals surface area contributed by atoms with Crippen LogP contribution in [0, 0.1) is 15.5 Å². The molecule has 0 amide bonds. The molecule has 32 heavy (non-hydrogen) atoms. The first-order chi connectivity index (χ1) is 15.2. The summed E-state index contributed by atoms with van der Waals surface area (Å²) >= 11 is 0. The standard InChI is InChI=1S/C23H21N5O4/c1-23(2)11-17-19(18(30)12-23)20(13-6-8-16(29)9-7-13)27-22(24-17)25-21(26-27)14-4-3-5-15(10-14)28(31)32/h3-10,20,29H,11-12H2,1-2H3,(H,24,25,26). The Morgan fingerprint density at radius 3 is 2.66 bits per heavy atom. The van der Waals surface area contributed by atoms with Crippen molar-refractivity contribution in [3.8, 4) is 17.1 Å². The molecule has 0 bridgehead atoms. The Labute approximate surface area is 183 Å². The second-order valence-electron chi connectivity index (χ2n) is 8.96. The molecule has 1 unspecified atom stereocenters. The largest absolute Gasteiger partial charge is 0.508 e. The number of non-ortho nitro benzene ring substituents is 1. The van der Waals surface area contributed by atoms with Crippen LogP contribution in [0.25, 0.3) is 11.4 Å². The molecular formula is C23H21N5O4. The molecule has 2 aromatic carbocycles. The molecule has 1 atom stereocenters. The maximum Gasteiger partial charge on any atom is 0.270 e. The van der Waals surface area contributed by atoms with Gasteiger partial charge >= 0.3 is 0 Å². The summed E-state index contributed by atoms with van der Waals surface area (Å²) in [4.78, 5) is 28.6. The first kappa shape index (κ1) is 19.9. The number of nitro groups is 1. The Hall–Kier alpha value is -4.01. The number of fused-ring (bicyclic) bond motifs is 1. The molecule has 0 saturated heterocycles. The third kappa shape index (κ3) is 3.31. The molecule has 0 fully saturated rings. The van der Waals surface area contributed by atoms with E-state index < -0.39 is 11.0 Å². The van der Waals surface area contributed by atoms with Crippen molar-refractivity contribution in [1.82, 2.24) is 14.8 Å². The number of rotatable bonds is 3. The first-order valence-corrected chi connectivity index (χ1v) is 10.3. The molecule has 0 saturated carbocycles. The van der Waals surface area contributed by atoms with E-state index >= 15 is 0 Å². The van der Waals surface area contributed by atoms with Gasteiger partial charge in [0.25, 0.3) is 5.69 Å². The molecule has 9 heteroatoms. The van der Waals surface area contributed by atoms with E-state index in [-0.39, 0.29) is 22.6 Å².